The highest BCUT2D eigenvalue weighted by Crippen LogP contribution is 2.37. The summed E-state index contributed by atoms with van der Waals surface area (Å²) in [5, 5.41) is 1.69. The minimum Gasteiger partial charge on any atom is -0.413 e. The fraction of sp³-hybridized carbons (Fsp3) is 0.333. The Kier molecular flexibility index (Phi) is 5.30. The van der Waals surface area contributed by atoms with Crippen molar-refractivity contribution in [2.24, 2.45) is 0 Å². The first-order valence-corrected chi connectivity index (χ1v) is 12.3. The van der Waals surface area contributed by atoms with E-state index in [9.17, 15) is 4.79 Å². The van der Waals surface area contributed by atoms with Gasteiger partial charge in [0.2, 0.25) is 5.78 Å². The molecule has 2 heterocycles. The third-order valence-corrected chi connectivity index (χ3v) is 10.0. The second kappa shape index (κ2) is 7.22. The van der Waals surface area contributed by atoms with E-state index in [1.165, 1.54) is 0 Å². The van der Waals surface area contributed by atoms with Crippen LogP contribution in [0.25, 0.3) is 10.9 Å². The number of nitrogens with zero attached hydrogens (tertiary/aromatic N) is 1. The van der Waals surface area contributed by atoms with Crippen molar-refractivity contribution < 1.29 is 9.22 Å². The number of hydrogen-bond acceptors (Lipinski definition) is 3. The maximum Gasteiger partial charge on any atom is 0.227 e. The molecule has 0 unspecified atom stereocenters. The Morgan fingerprint density at radius 2 is 1.93 bits per heavy atom. The second-order valence-electron chi connectivity index (χ2n) is 8.34. The maximum atomic E-state index is 12.9. The first kappa shape index (κ1) is 19.8. The summed E-state index contributed by atoms with van der Waals surface area (Å²) in [6.45, 7) is 11.6. The largest absolute Gasteiger partial charge is 0.413 e. The van der Waals surface area contributed by atoms with Gasteiger partial charge in [0.05, 0.1) is 12.3 Å². The molecule has 27 heavy (non-hydrogen) atoms. The fourth-order valence-electron chi connectivity index (χ4n) is 2.53. The molecule has 3 aromatic rings. The molecule has 0 aliphatic rings. The highest BCUT2D eigenvalue weighted by molar-refractivity contribution is 6.74. The first-order chi connectivity index (χ1) is 12.6. The molecule has 1 aromatic carbocycles. The molecular formula is C21H25ClN2O2Si. The molecular weight excluding hydrogens is 376 g/mol. The van der Waals surface area contributed by atoms with Gasteiger partial charge in [-0.15, -0.1) is 0 Å². The van der Waals surface area contributed by atoms with Crippen molar-refractivity contribution in [1.82, 2.24) is 9.97 Å². The zero-order chi connectivity index (χ0) is 19.8. The van der Waals surface area contributed by atoms with Crippen LogP contribution in [0.5, 0.6) is 0 Å². The molecule has 0 saturated heterocycles. The average Bonchev–Trinajstić information content (AvgIpc) is 3.01. The molecule has 1 N–H and O–H groups in total. The SMILES string of the molecule is CC(C)(C)[Si](C)(C)OCc1ccnc(C(=O)c2cc3cc(Cl)ccc3[nH]2)c1. The molecule has 0 spiro atoms. The smallest absolute Gasteiger partial charge is 0.227 e. The fourth-order valence-corrected chi connectivity index (χ4v) is 3.67. The van der Waals surface area contributed by atoms with Gasteiger partial charge in [-0.2, -0.15) is 0 Å². The number of ketones is 1. The van der Waals surface area contributed by atoms with Gasteiger partial charge in [-0.25, -0.2) is 0 Å². The number of carbonyl (C=O) groups is 1. The van der Waals surface area contributed by atoms with Crippen molar-refractivity contribution in [2.75, 3.05) is 0 Å². The predicted octanol–water partition coefficient (Wildman–Crippen LogP) is 5.97. The van der Waals surface area contributed by atoms with Crippen LogP contribution in [0.3, 0.4) is 0 Å². The van der Waals surface area contributed by atoms with E-state index < -0.39 is 8.32 Å². The highest BCUT2D eigenvalue weighted by Gasteiger charge is 2.37. The Morgan fingerprint density at radius 3 is 2.63 bits per heavy atom. The molecule has 2 aromatic heterocycles. The van der Waals surface area contributed by atoms with E-state index in [0.717, 1.165) is 16.5 Å². The summed E-state index contributed by atoms with van der Waals surface area (Å²) < 4.78 is 6.26. The normalized spacial score (nSPS) is 12.5. The molecule has 0 bridgehead atoms. The van der Waals surface area contributed by atoms with Crippen molar-refractivity contribution in [3.63, 3.8) is 0 Å². The van der Waals surface area contributed by atoms with E-state index in [2.05, 4.69) is 43.8 Å². The lowest BCUT2D eigenvalue weighted by Crippen LogP contribution is -2.40. The molecule has 0 aliphatic carbocycles. The molecule has 0 atom stereocenters. The summed E-state index contributed by atoms with van der Waals surface area (Å²) in [5.41, 5.74) is 2.74. The van der Waals surface area contributed by atoms with Crippen LogP contribution in [0, 0.1) is 0 Å². The van der Waals surface area contributed by atoms with Gasteiger partial charge in [-0.3, -0.25) is 9.78 Å². The van der Waals surface area contributed by atoms with Crippen molar-refractivity contribution in [3.05, 3.63) is 64.6 Å². The Bertz CT molecular complexity index is 989. The van der Waals surface area contributed by atoms with E-state index in [0.29, 0.717) is 23.0 Å². The Morgan fingerprint density at radius 1 is 1.19 bits per heavy atom. The second-order valence-corrected chi connectivity index (χ2v) is 13.6. The molecule has 0 amide bonds. The van der Waals surface area contributed by atoms with Gasteiger partial charge >= 0.3 is 0 Å². The Labute approximate surface area is 166 Å². The van der Waals surface area contributed by atoms with Crippen molar-refractivity contribution in [1.29, 1.82) is 0 Å². The summed E-state index contributed by atoms with van der Waals surface area (Å²) in [7, 11) is -1.85. The third-order valence-electron chi connectivity index (χ3n) is 5.29. The monoisotopic (exact) mass is 400 g/mol. The van der Waals surface area contributed by atoms with E-state index in [1.54, 1.807) is 12.3 Å². The number of pyridine rings is 1. The van der Waals surface area contributed by atoms with Crippen LogP contribution in [-0.2, 0) is 11.0 Å². The number of hydrogen-bond donors (Lipinski definition) is 1. The molecule has 3 rings (SSSR count). The number of halogens is 1. The molecule has 4 nitrogen and oxygen atoms in total. The molecule has 0 radical (unpaired) electrons. The minimum atomic E-state index is -1.85. The molecule has 0 saturated carbocycles. The summed E-state index contributed by atoms with van der Waals surface area (Å²) in [6.07, 6.45) is 1.66. The van der Waals surface area contributed by atoms with Crippen LogP contribution in [0.15, 0.2) is 42.6 Å². The first-order valence-electron chi connectivity index (χ1n) is 8.99. The number of benzene rings is 1. The van der Waals surface area contributed by atoms with Crippen molar-refractivity contribution in [3.8, 4) is 0 Å². The van der Waals surface area contributed by atoms with E-state index >= 15 is 0 Å². The molecule has 6 heteroatoms. The summed E-state index contributed by atoms with van der Waals surface area (Å²) in [6, 6.07) is 11.0. The zero-order valence-corrected chi connectivity index (χ0v) is 18.1. The van der Waals surface area contributed by atoms with Crippen LogP contribution in [-0.4, -0.2) is 24.1 Å². The number of aromatic amines is 1. The lowest BCUT2D eigenvalue weighted by Gasteiger charge is -2.36. The quantitative estimate of drug-likeness (QED) is 0.424. The van der Waals surface area contributed by atoms with Crippen molar-refractivity contribution in [2.45, 2.75) is 45.5 Å². The van der Waals surface area contributed by atoms with Crippen LogP contribution >= 0.6 is 11.6 Å². The number of aromatic nitrogens is 2. The maximum absolute atomic E-state index is 12.9. The van der Waals surface area contributed by atoms with E-state index in [4.69, 9.17) is 16.0 Å². The molecule has 142 valence electrons. The highest BCUT2D eigenvalue weighted by atomic mass is 35.5. The van der Waals surface area contributed by atoms with Gasteiger partial charge in [-0.1, -0.05) is 32.4 Å². The lowest BCUT2D eigenvalue weighted by atomic mass is 10.1. The summed E-state index contributed by atoms with van der Waals surface area (Å²) in [5.74, 6) is -0.142. The minimum absolute atomic E-state index is 0.142. The number of carbonyl (C=O) groups excluding carboxylic acids is 1. The van der Waals surface area contributed by atoms with E-state index in [-0.39, 0.29) is 10.8 Å². The van der Waals surface area contributed by atoms with Crippen molar-refractivity contribution >= 4 is 36.6 Å². The molecule has 0 aliphatic heterocycles. The van der Waals surface area contributed by atoms with Gasteiger partial charge in [-0.05, 0) is 60.1 Å². The van der Waals surface area contributed by atoms with Crippen LogP contribution in [0.4, 0.5) is 0 Å². The Balaban J connectivity index is 1.81. The van der Waals surface area contributed by atoms with Crippen LogP contribution in [0.2, 0.25) is 23.2 Å². The van der Waals surface area contributed by atoms with Crippen LogP contribution in [0.1, 0.15) is 42.5 Å². The topological polar surface area (TPSA) is 55.0 Å². The van der Waals surface area contributed by atoms with Gasteiger partial charge < -0.3 is 9.41 Å². The van der Waals surface area contributed by atoms with Gasteiger partial charge in [0, 0.05) is 22.1 Å². The van der Waals surface area contributed by atoms with Crippen LogP contribution < -0.4 is 0 Å². The standard InChI is InChI=1S/C21H25ClN2O2Si/c1-21(2,3)27(4,5)26-13-14-8-9-23-18(10-14)20(25)19-12-15-11-16(22)6-7-17(15)24-19/h6-12,24H,13H2,1-5H3. The van der Waals surface area contributed by atoms with Gasteiger partial charge in [0.15, 0.2) is 8.32 Å². The number of H-pyrrole nitrogens is 1. The predicted molar refractivity (Wildman–Crippen MR) is 113 cm³/mol. The molecule has 0 fully saturated rings. The third kappa shape index (κ3) is 4.31. The summed E-state index contributed by atoms with van der Waals surface area (Å²) in [4.78, 5) is 20.3. The van der Waals surface area contributed by atoms with E-state index in [1.807, 2.05) is 30.3 Å². The zero-order valence-electron chi connectivity index (χ0n) is 16.4. The average molecular weight is 401 g/mol. The van der Waals surface area contributed by atoms with Gasteiger partial charge in [0.1, 0.15) is 5.69 Å². The number of rotatable bonds is 5. The Hall–Kier alpha value is -1.95. The number of fused-ring (bicyclic) bond motifs is 1. The number of nitrogens with one attached hydrogen (secondary N) is 1. The summed E-state index contributed by atoms with van der Waals surface area (Å²) >= 11 is 6.03. The van der Waals surface area contributed by atoms with Gasteiger partial charge in [0.25, 0.3) is 0 Å². The lowest BCUT2D eigenvalue weighted by molar-refractivity contribution is 0.103.